The van der Waals surface area contributed by atoms with Crippen molar-refractivity contribution in [1.82, 2.24) is 20.0 Å². The van der Waals surface area contributed by atoms with Gasteiger partial charge in [0.05, 0.1) is 35.5 Å². The number of hydrogen-bond donors (Lipinski definition) is 1. The highest BCUT2D eigenvalue weighted by atomic mass is 35.5. The highest BCUT2D eigenvalue weighted by Gasteiger charge is 2.35. The summed E-state index contributed by atoms with van der Waals surface area (Å²) in [5.74, 6) is -0.782. The van der Waals surface area contributed by atoms with E-state index in [1.54, 1.807) is 55.8 Å². The lowest BCUT2D eigenvalue weighted by atomic mass is 9.97. The van der Waals surface area contributed by atoms with Crippen molar-refractivity contribution < 1.29 is 18.7 Å². The first-order valence-corrected chi connectivity index (χ1v) is 14.5. The zero-order chi connectivity index (χ0) is 30.9. The molecule has 1 atom stereocenters. The van der Waals surface area contributed by atoms with Gasteiger partial charge in [-0.3, -0.25) is 9.69 Å². The summed E-state index contributed by atoms with van der Waals surface area (Å²) in [6.45, 7) is 7.48. The first-order valence-electron chi connectivity index (χ1n) is 13.8. The number of rotatable bonds is 5. The third kappa shape index (κ3) is 6.92. The van der Waals surface area contributed by atoms with E-state index in [0.717, 1.165) is 5.56 Å². The van der Waals surface area contributed by atoms with Crippen molar-refractivity contribution >= 4 is 46.9 Å². The van der Waals surface area contributed by atoms with E-state index in [9.17, 15) is 14.0 Å². The van der Waals surface area contributed by atoms with Gasteiger partial charge in [0, 0.05) is 10.6 Å². The van der Waals surface area contributed by atoms with E-state index in [-0.39, 0.29) is 30.6 Å². The molecule has 10 heteroatoms. The maximum Gasteiger partial charge on any atom is 0.410 e. The zero-order valence-electron chi connectivity index (χ0n) is 24.2. The Morgan fingerprint density at radius 1 is 1.02 bits per heavy atom. The molecule has 222 valence electrons. The Bertz CT molecular complexity index is 1700. The molecule has 0 unspecified atom stereocenters. The van der Waals surface area contributed by atoms with Gasteiger partial charge < -0.3 is 10.1 Å². The molecule has 0 saturated heterocycles. The van der Waals surface area contributed by atoms with E-state index in [2.05, 4.69) is 5.32 Å². The van der Waals surface area contributed by atoms with E-state index >= 15 is 0 Å². The van der Waals surface area contributed by atoms with Gasteiger partial charge in [0.1, 0.15) is 11.4 Å². The molecule has 0 fully saturated rings. The molecule has 1 aliphatic rings. The molecular formula is C33H31Cl2FN4O3. The van der Waals surface area contributed by atoms with Crippen LogP contribution in [0.2, 0.25) is 10.0 Å². The van der Waals surface area contributed by atoms with Crippen molar-refractivity contribution in [2.24, 2.45) is 0 Å². The van der Waals surface area contributed by atoms with Crippen LogP contribution in [0.1, 0.15) is 66.6 Å². The largest absolute Gasteiger partial charge is 0.444 e. The van der Waals surface area contributed by atoms with Gasteiger partial charge in [0.25, 0.3) is 5.91 Å². The lowest BCUT2D eigenvalue weighted by Gasteiger charge is -2.32. The molecule has 0 aliphatic carbocycles. The van der Waals surface area contributed by atoms with Crippen molar-refractivity contribution in [3.63, 3.8) is 0 Å². The van der Waals surface area contributed by atoms with Gasteiger partial charge in [-0.2, -0.15) is 5.10 Å². The third-order valence-corrected chi connectivity index (χ3v) is 7.40. The summed E-state index contributed by atoms with van der Waals surface area (Å²) in [4.78, 5) is 28.7. The molecule has 0 saturated carbocycles. The van der Waals surface area contributed by atoms with Crippen molar-refractivity contribution in [3.8, 4) is 5.69 Å². The molecule has 1 aromatic heterocycles. The number of hydrogen-bond acceptors (Lipinski definition) is 4. The Labute approximate surface area is 259 Å². The summed E-state index contributed by atoms with van der Waals surface area (Å²) in [6.07, 6.45) is 1.30. The smallest absolute Gasteiger partial charge is 0.410 e. The van der Waals surface area contributed by atoms with Gasteiger partial charge >= 0.3 is 6.09 Å². The quantitative estimate of drug-likeness (QED) is 0.244. The number of amides is 2. The summed E-state index contributed by atoms with van der Waals surface area (Å²) in [7, 11) is 0. The van der Waals surface area contributed by atoms with Crippen LogP contribution in [0.4, 0.5) is 9.18 Å². The SMILES string of the molecule is C[C@@H](NC(=O)c1nn(-c2ccc(Cl)cc2Cl)c2c1CN(C(=O)OC(C)(C)C)C/C2=C\c1ccc(F)cc1)c1ccccc1. The number of carbonyl (C=O) groups is 2. The van der Waals surface area contributed by atoms with Gasteiger partial charge in [0.2, 0.25) is 0 Å². The number of fused-ring (bicyclic) bond motifs is 1. The van der Waals surface area contributed by atoms with Crippen LogP contribution in [0.25, 0.3) is 17.3 Å². The van der Waals surface area contributed by atoms with Crippen molar-refractivity contribution in [1.29, 1.82) is 0 Å². The predicted molar refractivity (Wildman–Crippen MR) is 167 cm³/mol. The van der Waals surface area contributed by atoms with Gasteiger partial charge in [-0.05, 0) is 80.8 Å². The molecule has 0 bridgehead atoms. The first-order chi connectivity index (χ1) is 20.4. The highest BCUT2D eigenvalue weighted by molar-refractivity contribution is 6.35. The highest BCUT2D eigenvalue weighted by Crippen LogP contribution is 2.36. The summed E-state index contributed by atoms with van der Waals surface area (Å²) in [5, 5.41) is 8.59. The molecule has 2 heterocycles. The summed E-state index contributed by atoms with van der Waals surface area (Å²) < 4.78 is 21.0. The van der Waals surface area contributed by atoms with E-state index in [0.29, 0.717) is 38.1 Å². The van der Waals surface area contributed by atoms with E-state index < -0.39 is 17.6 Å². The number of nitrogens with zero attached hydrogens (tertiary/aromatic N) is 3. The van der Waals surface area contributed by atoms with E-state index in [4.69, 9.17) is 33.0 Å². The second kappa shape index (κ2) is 12.2. The minimum Gasteiger partial charge on any atom is -0.444 e. The number of aromatic nitrogens is 2. The second-order valence-electron chi connectivity index (χ2n) is 11.3. The van der Waals surface area contributed by atoms with Gasteiger partial charge in [0.15, 0.2) is 5.69 Å². The molecule has 3 aromatic carbocycles. The van der Waals surface area contributed by atoms with Crippen LogP contribution >= 0.6 is 23.2 Å². The van der Waals surface area contributed by atoms with Crippen molar-refractivity contribution in [3.05, 3.63) is 117 Å². The standard InChI is InChI=1S/C33H31Cl2FN4O3/c1-20(22-8-6-5-7-9-22)37-31(41)29-26-19-39(32(42)43-33(2,3)4)18-23(16-21-10-13-25(36)14-11-21)30(26)40(38-29)28-15-12-24(34)17-27(28)35/h5-17,20H,18-19H2,1-4H3,(H,37,41)/b23-16+/t20-/m1/s1. The average molecular weight is 622 g/mol. The first kappa shape index (κ1) is 30.3. The Hall–Kier alpha value is -4.14. The zero-order valence-corrected chi connectivity index (χ0v) is 25.7. The third-order valence-electron chi connectivity index (χ3n) is 6.86. The second-order valence-corrected chi connectivity index (χ2v) is 12.2. The lowest BCUT2D eigenvalue weighted by molar-refractivity contribution is 0.0254. The van der Waals surface area contributed by atoms with Crippen LogP contribution < -0.4 is 5.32 Å². The van der Waals surface area contributed by atoms with Crippen LogP contribution in [0.15, 0.2) is 72.8 Å². The van der Waals surface area contributed by atoms with Crippen LogP contribution in [0, 0.1) is 5.82 Å². The van der Waals surface area contributed by atoms with Gasteiger partial charge in [-0.25, -0.2) is 13.9 Å². The molecular weight excluding hydrogens is 590 g/mol. The van der Waals surface area contributed by atoms with Gasteiger partial charge in [-0.15, -0.1) is 0 Å². The van der Waals surface area contributed by atoms with Crippen LogP contribution in [0.3, 0.4) is 0 Å². The van der Waals surface area contributed by atoms with Crippen LogP contribution in [0.5, 0.6) is 0 Å². The Kier molecular flexibility index (Phi) is 8.62. The monoisotopic (exact) mass is 620 g/mol. The minimum absolute atomic E-state index is 0.0681. The molecule has 0 radical (unpaired) electrons. The van der Waals surface area contributed by atoms with Crippen molar-refractivity contribution in [2.45, 2.75) is 45.9 Å². The van der Waals surface area contributed by atoms with E-state index in [1.165, 1.54) is 17.0 Å². The van der Waals surface area contributed by atoms with Crippen LogP contribution in [-0.2, 0) is 11.3 Å². The molecule has 1 aliphatic heterocycles. The van der Waals surface area contributed by atoms with E-state index in [1.807, 2.05) is 43.3 Å². The fourth-order valence-corrected chi connectivity index (χ4v) is 5.38. The fraction of sp³-hybridized carbons (Fsp3) is 0.242. The lowest BCUT2D eigenvalue weighted by Crippen LogP contribution is -2.40. The maximum absolute atomic E-state index is 13.9. The predicted octanol–water partition coefficient (Wildman–Crippen LogP) is 8.10. The number of ether oxygens (including phenoxy) is 1. The van der Waals surface area contributed by atoms with Crippen molar-refractivity contribution in [2.75, 3.05) is 6.54 Å². The normalized spacial score (nSPS) is 14.8. The summed E-state index contributed by atoms with van der Waals surface area (Å²) in [6, 6.07) is 20.3. The topological polar surface area (TPSA) is 76.5 Å². The number of halogens is 3. The maximum atomic E-state index is 13.9. The Morgan fingerprint density at radius 3 is 2.37 bits per heavy atom. The summed E-state index contributed by atoms with van der Waals surface area (Å²) in [5.41, 5.74) is 3.33. The Morgan fingerprint density at radius 2 is 1.72 bits per heavy atom. The number of carbonyl (C=O) groups excluding carboxylic acids is 2. The molecule has 2 amide bonds. The Balaban J connectivity index is 1.68. The number of benzene rings is 3. The molecule has 5 rings (SSSR count). The molecule has 43 heavy (non-hydrogen) atoms. The molecule has 0 spiro atoms. The number of nitrogens with one attached hydrogen (secondary N) is 1. The average Bonchev–Trinajstić information content (AvgIpc) is 3.33. The fourth-order valence-electron chi connectivity index (χ4n) is 4.89. The van der Waals surface area contributed by atoms with Crippen LogP contribution in [-0.4, -0.2) is 38.8 Å². The van der Waals surface area contributed by atoms with Gasteiger partial charge in [-0.1, -0.05) is 65.7 Å². The summed E-state index contributed by atoms with van der Waals surface area (Å²) >= 11 is 12.8. The molecule has 7 nitrogen and oxygen atoms in total. The molecule has 1 N–H and O–H groups in total. The molecule has 4 aromatic rings. The minimum atomic E-state index is -0.732.